The Morgan fingerprint density at radius 2 is 1.55 bits per heavy atom. The number of methoxy groups -OCH3 is 1. The topological polar surface area (TPSA) is 93.6 Å². The molecule has 2 N–H and O–H groups in total. The highest BCUT2D eigenvalue weighted by Gasteiger charge is 2.30. The van der Waals surface area contributed by atoms with Crippen LogP contribution in [0.5, 0.6) is 11.5 Å². The van der Waals surface area contributed by atoms with Gasteiger partial charge in [0.05, 0.1) is 30.7 Å². The highest BCUT2D eigenvalue weighted by molar-refractivity contribution is 5.92. The molecule has 2 heterocycles. The van der Waals surface area contributed by atoms with Gasteiger partial charge in [0, 0.05) is 35.5 Å². The van der Waals surface area contributed by atoms with Crippen LogP contribution in [0.25, 0.3) is 21.8 Å². The number of aryl methyl sites for hydroxylation is 1. The van der Waals surface area contributed by atoms with Crippen LogP contribution in [0.1, 0.15) is 38.7 Å². The number of aromatic hydroxyl groups is 1. The summed E-state index contributed by atoms with van der Waals surface area (Å²) in [5.74, 6) is -0.687. The quantitative estimate of drug-likeness (QED) is 0.214. The lowest BCUT2D eigenvalue weighted by Crippen LogP contribution is -2.25. The number of nitrogens with one attached hydrogen (secondary N) is 1. The molecule has 0 saturated heterocycles. The maximum Gasteiger partial charge on any atom is 0.341 e. The minimum Gasteiger partial charge on any atom is -0.507 e. The van der Waals surface area contributed by atoms with E-state index in [2.05, 4.69) is 4.98 Å². The molecule has 42 heavy (non-hydrogen) atoms. The number of ether oxygens (including phenoxy) is 2. The second-order valence-corrected chi connectivity index (χ2v) is 10.1. The van der Waals surface area contributed by atoms with E-state index < -0.39 is 11.9 Å². The Balaban J connectivity index is 1.48. The molecule has 0 fully saturated rings. The summed E-state index contributed by atoms with van der Waals surface area (Å²) in [6.45, 7) is 0.106. The van der Waals surface area contributed by atoms with Crippen molar-refractivity contribution < 1.29 is 19.4 Å². The fourth-order valence-electron chi connectivity index (χ4n) is 5.76. The summed E-state index contributed by atoms with van der Waals surface area (Å²) in [6, 6.07) is 31.8. The van der Waals surface area contributed by atoms with Crippen LogP contribution in [0.2, 0.25) is 0 Å². The fourth-order valence-corrected chi connectivity index (χ4v) is 5.76. The maximum atomic E-state index is 13.9. The average molecular weight is 559 g/mol. The van der Waals surface area contributed by atoms with Crippen LogP contribution in [0.4, 0.5) is 0 Å². The predicted molar refractivity (Wildman–Crippen MR) is 164 cm³/mol. The fraction of sp³-hybridized carbons (Fsp3) is 0.143. The molecule has 0 spiro atoms. The molecule has 0 aliphatic rings. The van der Waals surface area contributed by atoms with E-state index in [9.17, 15) is 14.7 Å². The SMILES string of the molecule is COc1ccccc1C(=O)OCCc1c(C(c2ccccc2)c2c(O)c3ccccc3n(C)c2=O)[nH]c2ccccc12. The van der Waals surface area contributed by atoms with E-state index in [0.29, 0.717) is 28.6 Å². The standard InChI is InChI=1S/C35H30N2O5/c1-37-28-18-10-7-15-25(28)33(38)31(34(37)39)30(22-12-4-3-5-13-22)32-24(23-14-6-9-17-27(23)36-32)20-21-42-35(40)26-16-8-11-19-29(26)41-2/h3-19,30,36,38H,20-21H2,1-2H3. The number of hydrogen-bond donors (Lipinski definition) is 2. The molecular formula is C35H30N2O5. The monoisotopic (exact) mass is 558 g/mol. The maximum absolute atomic E-state index is 13.9. The third-order valence-corrected chi connectivity index (χ3v) is 7.78. The van der Waals surface area contributed by atoms with E-state index in [-0.39, 0.29) is 23.5 Å². The minimum absolute atomic E-state index is 0.0465. The van der Waals surface area contributed by atoms with Crippen molar-refractivity contribution in [3.05, 3.63) is 141 Å². The van der Waals surface area contributed by atoms with Crippen molar-refractivity contribution in [2.45, 2.75) is 12.3 Å². The van der Waals surface area contributed by atoms with Crippen LogP contribution in [0.3, 0.4) is 0 Å². The summed E-state index contributed by atoms with van der Waals surface area (Å²) in [4.78, 5) is 30.4. The summed E-state index contributed by atoms with van der Waals surface area (Å²) in [5, 5.41) is 13.2. The number of rotatable bonds is 8. The number of esters is 1. The minimum atomic E-state index is -0.609. The van der Waals surface area contributed by atoms with E-state index in [1.165, 1.54) is 7.11 Å². The van der Waals surface area contributed by atoms with Gasteiger partial charge in [-0.3, -0.25) is 4.79 Å². The van der Waals surface area contributed by atoms with Gasteiger partial charge in [0.1, 0.15) is 17.1 Å². The first-order valence-corrected chi connectivity index (χ1v) is 13.7. The van der Waals surface area contributed by atoms with E-state index in [4.69, 9.17) is 9.47 Å². The van der Waals surface area contributed by atoms with Gasteiger partial charge < -0.3 is 24.1 Å². The summed E-state index contributed by atoms with van der Waals surface area (Å²) in [6.07, 6.45) is 0.387. The molecule has 210 valence electrons. The summed E-state index contributed by atoms with van der Waals surface area (Å²) in [5.41, 5.74) is 4.39. The van der Waals surface area contributed by atoms with E-state index >= 15 is 0 Å². The molecular weight excluding hydrogens is 528 g/mol. The largest absolute Gasteiger partial charge is 0.507 e. The van der Waals surface area contributed by atoms with Crippen LogP contribution in [0.15, 0.2) is 108 Å². The zero-order valence-corrected chi connectivity index (χ0v) is 23.3. The number of carbonyl (C=O) groups is 1. The first-order chi connectivity index (χ1) is 20.5. The zero-order valence-electron chi connectivity index (χ0n) is 23.3. The Labute approximate surface area is 242 Å². The number of H-pyrrole nitrogens is 1. The van der Waals surface area contributed by atoms with Gasteiger partial charge in [-0.25, -0.2) is 4.79 Å². The molecule has 0 aliphatic carbocycles. The Kier molecular flexibility index (Phi) is 7.23. The van der Waals surface area contributed by atoms with Crippen molar-refractivity contribution in [2.24, 2.45) is 7.05 Å². The van der Waals surface area contributed by atoms with Crippen molar-refractivity contribution >= 4 is 27.8 Å². The normalized spacial score (nSPS) is 12.0. The first-order valence-electron chi connectivity index (χ1n) is 13.7. The predicted octanol–water partition coefficient (Wildman–Crippen LogP) is 6.31. The number of benzene rings is 4. The highest BCUT2D eigenvalue weighted by Crippen LogP contribution is 2.41. The van der Waals surface area contributed by atoms with Crippen LogP contribution >= 0.6 is 0 Å². The van der Waals surface area contributed by atoms with Crippen molar-refractivity contribution in [1.29, 1.82) is 0 Å². The molecule has 7 nitrogen and oxygen atoms in total. The van der Waals surface area contributed by atoms with Crippen LogP contribution in [-0.4, -0.2) is 34.3 Å². The number of carbonyl (C=O) groups excluding carboxylic acids is 1. The average Bonchev–Trinajstić information content (AvgIpc) is 3.40. The van der Waals surface area contributed by atoms with Gasteiger partial charge in [-0.15, -0.1) is 0 Å². The molecule has 4 aromatic carbocycles. The van der Waals surface area contributed by atoms with Crippen LogP contribution < -0.4 is 10.3 Å². The molecule has 7 heteroatoms. The van der Waals surface area contributed by atoms with Gasteiger partial charge in [-0.2, -0.15) is 0 Å². The molecule has 0 amide bonds. The molecule has 1 atom stereocenters. The third-order valence-electron chi connectivity index (χ3n) is 7.78. The van der Waals surface area contributed by atoms with E-state index in [1.54, 1.807) is 35.9 Å². The second kappa shape index (κ2) is 11.3. The lowest BCUT2D eigenvalue weighted by molar-refractivity contribution is 0.0505. The number of nitrogens with zero attached hydrogens (tertiary/aromatic N) is 1. The lowest BCUT2D eigenvalue weighted by atomic mass is 9.85. The number of fused-ring (bicyclic) bond motifs is 2. The van der Waals surface area contributed by atoms with Gasteiger partial charge in [0.2, 0.25) is 0 Å². The van der Waals surface area contributed by atoms with Crippen LogP contribution in [0, 0.1) is 0 Å². The van der Waals surface area contributed by atoms with Gasteiger partial charge in [-0.1, -0.05) is 72.8 Å². The molecule has 6 aromatic rings. The Morgan fingerprint density at radius 1 is 0.881 bits per heavy atom. The molecule has 0 aliphatic heterocycles. The van der Waals surface area contributed by atoms with Gasteiger partial charge in [-0.05, 0) is 41.5 Å². The Bertz CT molecular complexity index is 1970. The lowest BCUT2D eigenvalue weighted by Gasteiger charge is -2.22. The zero-order chi connectivity index (χ0) is 29.2. The molecule has 0 bridgehead atoms. The molecule has 6 rings (SSSR count). The number of pyridine rings is 1. The molecule has 0 radical (unpaired) electrons. The third kappa shape index (κ3) is 4.69. The van der Waals surface area contributed by atoms with Crippen molar-refractivity contribution in [1.82, 2.24) is 9.55 Å². The van der Waals surface area contributed by atoms with Gasteiger partial charge in [0.25, 0.3) is 5.56 Å². The molecule has 2 aromatic heterocycles. The first kappa shape index (κ1) is 26.9. The second-order valence-electron chi connectivity index (χ2n) is 10.1. The summed E-state index contributed by atoms with van der Waals surface area (Å²) < 4.78 is 12.6. The van der Waals surface area contributed by atoms with Crippen molar-refractivity contribution in [3.8, 4) is 11.5 Å². The van der Waals surface area contributed by atoms with E-state index in [1.807, 2.05) is 78.9 Å². The van der Waals surface area contributed by atoms with E-state index in [0.717, 1.165) is 27.7 Å². The number of aromatic amines is 1. The number of aromatic nitrogens is 2. The molecule has 1 unspecified atom stereocenters. The highest BCUT2D eigenvalue weighted by atomic mass is 16.5. The van der Waals surface area contributed by atoms with Gasteiger partial charge >= 0.3 is 5.97 Å². The Hall–Kier alpha value is -5.30. The summed E-state index contributed by atoms with van der Waals surface area (Å²) in [7, 11) is 3.24. The van der Waals surface area contributed by atoms with Crippen molar-refractivity contribution in [3.63, 3.8) is 0 Å². The Morgan fingerprint density at radius 3 is 2.33 bits per heavy atom. The molecule has 0 saturated carbocycles. The summed E-state index contributed by atoms with van der Waals surface area (Å²) >= 11 is 0. The number of hydrogen-bond acceptors (Lipinski definition) is 5. The van der Waals surface area contributed by atoms with Crippen molar-refractivity contribution in [2.75, 3.05) is 13.7 Å². The van der Waals surface area contributed by atoms with Crippen LogP contribution in [-0.2, 0) is 18.2 Å². The number of para-hydroxylation sites is 3. The van der Waals surface area contributed by atoms with Gasteiger partial charge in [0.15, 0.2) is 0 Å². The smallest absolute Gasteiger partial charge is 0.341 e.